The molecule has 0 unspecified atom stereocenters. The first-order chi connectivity index (χ1) is 15.4. The van der Waals surface area contributed by atoms with Crippen LogP contribution in [-0.2, 0) is 4.79 Å². The Bertz CT molecular complexity index is 889. The molecule has 1 aliphatic carbocycles. The predicted molar refractivity (Wildman–Crippen MR) is 134 cm³/mol. The molecule has 4 heteroatoms. The van der Waals surface area contributed by atoms with E-state index in [1.165, 1.54) is 48.9 Å². The van der Waals surface area contributed by atoms with Gasteiger partial charge in [-0.15, -0.1) is 0 Å². The molecule has 0 radical (unpaired) electrons. The first kappa shape index (κ1) is 22.8. The van der Waals surface area contributed by atoms with Crippen LogP contribution in [-0.4, -0.2) is 36.1 Å². The van der Waals surface area contributed by atoms with Gasteiger partial charge in [-0.3, -0.25) is 9.69 Å². The van der Waals surface area contributed by atoms with Crippen LogP contribution in [0.4, 0.5) is 11.4 Å². The Balaban J connectivity index is 1.52. The molecule has 2 fully saturated rings. The van der Waals surface area contributed by atoms with E-state index < -0.39 is 0 Å². The molecule has 1 aliphatic heterocycles. The lowest BCUT2D eigenvalue weighted by atomic mass is 9.81. The smallest absolute Gasteiger partial charge is 0.238 e. The van der Waals surface area contributed by atoms with Gasteiger partial charge in [-0.05, 0) is 47.9 Å². The summed E-state index contributed by atoms with van der Waals surface area (Å²) in [4.78, 5) is 18.2. The number of carbonyl (C=O) groups is 1. The van der Waals surface area contributed by atoms with E-state index in [1.807, 2.05) is 0 Å². The van der Waals surface area contributed by atoms with Gasteiger partial charge in [0.15, 0.2) is 0 Å². The molecule has 2 aromatic rings. The lowest BCUT2D eigenvalue weighted by molar-refractivity contribution is -0.117. The topological polar surface area (TPSA) is 35.6 Å². The van der Waals surface area contributed by atoms with Gasteiger partial charge in [0, 0.05) is 17.9 Å². The average Bonchev–Trinajstić information content (AvgIpc) is 3.11. The summed E-state index contributed by atoms with van der Waals surface area (Å²) in [5.74, 6) is 0.839. The summed E-state index contributed by atoms with van der Waals surface area (Å²) >= 11 is 0. The predicted octanol–water partition coefficient (Wildman–Crippen LogP) is 6.35. The lowest BCUT2D eigenvalue weighted by Crippen LogP contribution is -2.47. The molecule has 1 heterocycles. The van der Waals surface area contributed by atoms with Crippen LogP contribution in [0.3, 0.4) is 0 Å². The van der Waals surface area contributed by atoms with E-state index in [2.05, 4.69) is 91.3 Å². The van der Waals surface area contributed by atoms with Crippen LogP contribution in [0.1, 0.15) is 82.8 Å². The fraction of sp³-hybridized carbons (Fsp3) is 0.536. The average molecular weight is 434 g/mol. The molecule has 2 aromatic carbocycles. The number of nitrogens with zero attached hydrogens (tertiary/aromatic N) is 2. The molecule has 32 heavy (non-hydrogen) atoms. The summed E-state index contributed by atoms with van der Waals surface area (Å²) in [6, 6.07) is 17.2. The summed E-state index contributed by atoms with van der Waals surface area (Å²) in [5, 5.41) is 3.32. The van der Waals surface area contributed by atoms with Crippen molar-refractivity contribution >= 4 is 17.3 Å². The van der Waals surface area contributed by atoms with Crippen molar-refractivity contribution in [2.75, 3.05) is 30.0 Å². The minimum absolute atomic E-state index is 0.0980. The molecule has 0 bridgehead atoms. The third-order valence-corrected chi connectivity index (χ3v) is 7.29. The van der Waals surface area contributed by atoms with E-state index in [1.54, 1.807) is 0 Å². The molecule has 0 aromatic heterocycles. The van der Waals surface area contributed by atoms with Gasteiger partial charge in [-0.2, -0.15) is 0 Å². The second kappa shape index (κ2) is 9.66. The van der Waals surface area contributed by atoms with E-state index in [0.717, 1.165) is 18.9 Å². The van der Waals surface area contributed by atoms with E-state index in [4.69, 9.17) is 0 Å². The van der Waals surface area contributed by atoms with Crippen LogP contribution in [0.25, 0.3) is 0 Å². The summed E-state index contributed by atoms with van der Waals surface area (Å²) in [6.07, 6.45) is 6.32. The van der Waals surface area contributed by atoms with Gasteiger partial charge in [0.05, 0.1) is 18.8 Å². The van der Waals surface area contributed by atoms with Gasteiger partial charge in [0.2, 0.25) is 5.91 Å². The molecule has 4 nitrogen and oxygen atoms in total. The molecular formula is C28H39N3O. The molecule has 4 rings (SSSR count). The molecule has 1 saturated heterocycles. The van der Waals surface area contributed by atoms with Crippen LogP contribution >= 0.6 is 0 Å². The summed E-state index contributed by atoms with van der Waals surface area (Å²) < 4.78 is 0. The number of benzene rings is 2. The van der Waals surface area contributed by atoms with Crippen molar-refractivity contribution in [3.8, 4) is 0 Å². The number of hydrogen-bond donors (Lipinski definition) is 1. The third kappa shape index (κ3) is 4.71. The maximum absolute atomic E-state index is 13.3. The van der Waals surface area contributed by atoms with Gasteiger partial charge in [-0.25, -0.2) is 0 Å². The first-order valence-corrected chi connectivity index (χ1v) is 12.4. The van der Waals surface area contributed by atoms with Gasteiger partial charge < -0.3 is 10.2 Å². The molecule has 2 aliphatic rings. The quantitative estimate of drug-likeness (QED) is 0.576. The monoisotopic (exact) mass is 433 g/mol. The highest BCUT2D eigenvalue weighted by Gasteiger charge is 2.45. The van der Waals surface area contributed by atoms with Crippen LogP contribution in [0.15, 0.2) is 48.5 Å². The van der Waals surface area contributed by atoms with Gasteiger partial charge in [0.1, 0.15) is 0 Å². The zero-order chi connectivity index (χ0) is 22.7. The molecule has 1 N–H and O–H groups in total. The Kier molecular flexibility index (Phi) is 6.90. The minimum Gasteiger partial charge on any atom is -0.352 e. The van der Waals surface area contributed by atoms with Crippen LogP contribution in [0.2, 0.25) is 0 Å². The maximum atomic E-state index is 13.3. The Labute approximate surface area is 194 Å². The lowest BCUT2D eigenvalue weighted by Gasteiger charge is -2.42. The highest BCUT2D eigenvalue weighted by atomic mass is 16.2. The third-order valence-electron chi connectivity index (χ3n) is 7.29. The second-order valence-corrected chi connectivity index (χ2v) is 10.3. The fourth-order valence-electron chi connectivity index (χ4n) is 5.69. The number of para-hydroxylation sites is 2. The number of hydrogen-bond acceptors (Lipinski definition) is 3. The van der Waals surface area contributed by atoms with Gasteiger partial charge in [-0.1, -0.05) is 83.4 Å². The van der Waals surface area contributed by atoms with E-state index >= 15 is 0 Å². The Hall–Kier alpha value is -2.33. The number of rotatable bonds is 6. The minimum atomic E-state index is 0.0980. The molecule has 172 valence electrons. The van der Waals surface area contributed by atoms with Crippen LogP contribution < -0.4 is 10.2 Å². The largest absolute Gasteiger partial charge is 0.352 e. The number of anilines is 2. The fourth-order valence-corrected chi connectivity index (χ4v) is 5.69. The normalized spacial score (nSPS) is 18.6. The van der Waals surface area contributed by atoms with Crippen LogP contribution in [0, 0.1) is 0 Å². The van der Waals surface area contributed by atoms with E-state index in [-0.39, 0.29) is 11.4 Å². The van der Waals surface area contributed by atoms with E-state index in [0.29, 0.717) is 18.4 Å². The zero-order valence-electron chi connectivity index (χ0n) is 20.2. The summed E-state index contributed by atoms with van der Waals surface area (Å²) in [6.45, 7) is 11.0. The Morgan fingerprint density at radius 2 is 1.53 bits per heavy atom. The summed E-state index contributed by atoms with van der Waals surface area (Å²) in [7, 11) is 0. The Morgan fingerprint density at radius 3 is 2.12 bits per heavy atom. The standard InChI is InChI=1S/C28H39N3O/c1-21(2)24-14-11-15-25(22(3)4)27(24)29-26(32)18-30-19-28(16-9-6-10-17-28)31(20-30)23-12-7-5-8-13-23/h5,7-8,11-15,21-22H,6,9-10,16-20H2,1-4H3,(H,29,32). The molecule has 1 saturated carbocycles. The molecule has 0 atom stereocenters. The Morgan fingerprint density at radius 1 is 0.906 bits per heavy atom. The van der Waals surface area contributed by atoms with E-state index in [9.17, 15) is 4.79 Å². The highest BCUT2D eigenvalue weighted by molar-refractivity contribution is 5.94. The number of nitrogens with one attached hydrogen (secondary N) is 1. The maximum Gasteiger partial charge on any atom is 0.238 e. The first-order valence-electron chi connectivity index (χ1n) is 12.4. The number of amides is 1. The van der Waals surface area contributed by atoms with Crippen molar-refractivity contribution in [1.82, 2.24) is 4.90 Å². The molecule has 1 spiro atoms. The van der Waals surface area contributed by atoms with Crippen molar-refractivity contribution in [2.45, 2.75) is 77.2 Å². The van der Waals surface area contributed by atoms with Crippen molar-refractivity contribution in [3.05, 3.63) is 59.7 Å². The highest BCUT2D eigenvalue weighted by Crippen LogP contribution is 2.41. The van der Waals surface area contributed by atoms with Gasteiger partial charge >= 0.3 is 0 Å². The number of carbonyl (C=O) groups excluding carboxylic acids is 1. The van der Waals surface area contributed by atoms with Gasteiger partial charge in [0.25, 0.3) is 0 Å². The SMILES string of the molecule is CC(C)c1cccc(C(C)C)c1NC(=O)CN1CN(c2ccccc2)C2(CCCCC2)C1. The van der Waals surface area contributed by atoms with Crippen molar-refractivity contribution in [3.63, 3.8) is 0 Å². The zero-order valence-corrected chi connectivity index (χ0v) is 20.2. The van der Waals surface area contributed by atoms with Crippen LogP contribution in [0.5, 0.6) is 0 Å². The summed E-state index contributed by atoms with van der Waals surface area (Å²) in [5.41, 5.74) is 4.92. The van der Waals surface area contributed by atoms with Crippen molar-refractivity contribution < 1.29 is 4.79 Å². The second-order valence-electron chi connectivity index (χ2n) is 10.3. The molecule has 1 amide bonds. The van der Waals surface area contributed by atoms with Crippen molar-refractivity contribution in [1.29, 1.82) is 0 Å². The molecular weight excluding hydrogens is 394 g/mol. The van der Waals surface area contributed by atoms with Crippen molar-refractivity contribution in [2.24, 2.45) is 0 Å².